The van der Waals surface area contributed by atoms with E-state index in [1.54, 1.807) is 18.7 Å². The van der Waals surface area contributed by atoms with Crippen molar-refractivity contribution in [3.63, 3.8) is 0 Å². The molecule has 0 saturated heterocycles. The quantitative estimate of drug-likeness (QED) is 0.616. The van der Waals surface area contributed by atoms with Gasteiger partial charge >= 0.3 is 5.97 Å². The Bertz CT molecular complexity index is 139. The Morgan fingerprint density at radius 3 is 2.77 bits per heavy atom. The molecule has 0 aromatic heterocycles. The molecule has 0 aliphatic carbocycles. The lowest BCUT2D eigenvalue weighted by Gasteiger charge is -2.05. The standard InChI is InChI=1S/C9H18O3S/c1-3-4-12-5-6-13-7-8(2)9(10)11/h8H,3-7H2,1-2H3,(H,10,11). The van der Waals surface area contributed by atoms with E-state index in [0.29, 0.717) is 5.75 Å². The monoisotopic (exact) mass is 206 g/mol. The van der Waals surface area contributed by atoms with E-state index in [1.165, 1.54) is 0 Å². The van der Waals surface area contributed by atoms with Crippen LogP contribution in [0.2, 0.25) is 0 Å². The van der Waals surface area contributed by atoms with Crippen molar-refractivity contribution in [3.8, 4) is 0 Å². The van der Waals surface area contributed by atoms with E-state index in [4.69, 9.17) is 9.84 Å². The predicted molar refractivity (Wildman–Crippen MR) is 55.2 cm³/mol. The van der Waals surface area contributed by atoms with Crippen LogP contribution in [0.1, 0.15) is 20.3 Å². The van der Waals surface area contributed by atoms with Crippen LogP contribution < -0.4 is 0 Å². The molecule has 0 rings (SSSR count). The summed E-state index contributed by atoms with van der Waals surface area (Å²) in [5.74, 6) is 0.584. The number of carboxylic acid groups (broad SMARTS) is 1. The summed E-state index contributed by atoms with van der Waals surface area (Å²) >= 11 is 1.63. The molecular formula is C9H18O3S. The molecule has 0 aliphatic rings. The van der Waals surface area contributed by atoms with Crippen LogP contribution in [0.5, 0.6) is 0 Å². The van der Waals surface area contributed by atoms with Gasteiger partial charge in [-0.05, 0) is 6.42 Å². The Balaban J connectivity index is 3.11. The summed E-state index contributed by atoms with van der Waals surface area (Å²) in [5, 5.41) is 8.58. The molecule has 0 spiro atoms. The first-order valence-electron chi connectivity index (χ1n) is 4.56. The van der Waals surface area contributed by atoms with Crippen molar-refractivity contribution < 1.29 is 14.6 Å². The molecular weight excluding hydrogens is 188 g/mol. The first-order chi connectivity index (χ1) is 6.18. The number of aliphatic carboxylic acids is 1. The third-order valence-electron chi connectivity index (χ3n) is 1.51. The predicted octanol–water partition coefficient (Wildman–Crippen LogP) is 1.87. The van der Waals surface area contributed by atoms with Crippen LogP contribution in [0.3, 0.4) is 0 Å². The maximum Gasteiger partial charge on any atom is 0.307 e. The molecule has 78 valence electrons. The Morgan fingerprint density at radius 1 is 1.54 bits per heavy atom. The molecule has 1 unspecified atom stereocenters. The largest absolute Gasteiger partial charge is 0.481 e. The van der Waals surface area contributed by atoms with Crippen LogP contribution in [-0.4, -0.2) is 35.8 Å². The molecule has 13 heavy (non-hydrogen) atoms. The molecule has 0 amide bonds. The topological polar surface area (TPSA) is 46.5 Å². The summed E-state index contributed by atoms with van der Waals surface area (Å²) in [7, 11) is 0. The highest BCUT2D eigenvalue weighted by atomic mass is 32.2. The molecule has 0 aliphatic heterocycles. The minimum atomic E-state index is -0.720. The highest BCUT2D eigenvalue weighted by Crippen LogP contribution is 2.07. The molecule has 0 aromatic rings. The van der Waals surface area contributed by atoms with Crippen molar-refractivity contribution in [2.45, 2.75) is 20.3 Å². The second-order valence-corrected chi connectivity index (χ2v) is 4.08. The van der Waals surface area contributed by atoms with Crippen LogP contribution >= 0.6 is 11.8 Å². The van der Waals surface area contributed by atoms with Gasteiger partial charge in [-0.3, -0.25) is 4.79 Å². The molecule has 0 aromatic carbocycles. The van der Waals surface area contributed by atoms with E-state index in [-0.39, 0.29) is 5.92 Å². The van der Waals surface area contributed by atoms with Crippen LogP contribution in [0.4, 0.5) is 0 Å². The number of carbonyl (C=O) groups is 1. The van der Waals surface area contributed by atoms with E-state index in [0.717, 1.165) is 25.4 Å². The van der Waals surface area contributed by atoms with E-state index < -0.39 is 5.97 Å². The fraction of sp³-hybridized carbons (Fsp3) is 0.889. The van der Waals surface area contributed by atoms with Crippen molar-refractivity contribution in [1.29, 1.82) is 0 Å². The molecule has 0 bridgehead atoms. The van der Waals surface area contributed by atoms with Crippen LogP contribution in [0.15, 0.2) is 0 Å². The summed E-state index contributed by atoms with van der Waals surface area (Å²) in [6.07, 6.45) is 1.04. The second kappa shape index (κ2) is 8.38. The summed E-state index contributed by atoms with van der Waals surface area (Å²) in [6.45, 7) is 5.32. The van der Waals surface area contributed by atoms with Gasteiger partial charge in [0.15, 0.2) is 0 Å². The van der Waals surface area contributed by atoms with Crippen molar-refractivity contribution in [3.05, 3.63) is 0 Å². The minimum Gasteiger partial charge on any atom is -0.481 e. The third-order valence-corrected chi connectivity index (χ3v) is 2.70. The zero-order chi connectivity index (χ0) is 10.1. The van der Waals surface area contributed by atoms with Crippen molar-refractivity contribution in [1.82, 2.24) is 0 Å². The summed E-state index contributed by atoms with van der Waals surface area (Å²) < 4.78 is 5.26. The van der Waals surface area contributed by atoms with Crippen LogP contribution in [-0.2, 0) is 9.53 Å². The summed E-state index contributed by atoms with van der Waals surface area (Å²) in [4.78, 5) is 10.4. The fourth-order valence-electron chi connectivity index (χ4n) is 0.696. The lowest BCUT2D eigenvalue weighted by Crippen LogP contribution is -2.12. The first kappa shape index (κ1) is 12.8. The fourth-order valence-corrected chi connectivity index (χ4v) is 1.59. The average Bonchev–Trinajstić information content (AvgIpc) is 2.10. The Hall–Kier alpha value is -0.220. The van der Waals surface area contributed by atoms with Gasteiger partial charge in [0.25, 0.3) is 0 Å². The number of thioether (sulfide) groups is 1. The van der Waals surface area contributed by atoms with E-state index >= 15 is 0 Å². The Labute approximate surface area is 83.9 Å². The van der Waals surface area contributed by atoms with E-state index in [2.05, 4.69) is 6.92 Å². The summed E-state index contributed by atoms with van der Waals surface area (Å²) in [5.41, 5.74) is 0. The van der Waals surface area contributed by atoms with Gasteiger partial charge in [-0.1, -0.05) is 13.8 Å². The number of ether oxygens (including phenoxy) is 1. The van der Waals surface area contributed by atoms with Gasteiger partial charge in [0, 0.05) is 18.1 Å². The molecule has 1 atom stereocenters. The van der Waals surface area contributed by atoms with E-state index in [1.807, 2.05) is 0 Å². The van der Waals surface area contributed by atoms with Crippen LogP contribution in [0.25, 0.3) is 0 Å². The first-order valence-corrected chi connectivity index (χ1v) is 5.72. The molecule has 3 nitrogen and oxygen atoms in total. The van der Waals surface area contributed by atoms with Gasteiger partial charge in [-0.2, -0.15) is 11.8 Å². The van der Waals surface area contributed by atoms with Gasteiger partial charge in [-0.15, -0.1) is 0 Å². The van der Waals surface area contributed by atoms with Crippen molar-refractivity contribution in [2.24, 2.45) is 5.92 Å². The van der Waals surface area contributed by atoms with Gasteiger partial charge < -0.3 is 9.84 Å². The maximum atomic E-state index is 10.4. The summed E-state index contributed by atoms with van der Waals surface area (Å²) in [6, 6.07) is 0. The minimum absolute atomic E-state index is 0.254. The maximum absolute atomic E-state index is 10.4. The SMILES string of the molecule is CCCOCCSCC(C)C(=O)O. The third kappa shape index (κ3) is 8.12. The molecule has 1 N–H and O–H groups in total. The number of hydrogen-bond donors (Lipinski definition) is 1. The van der Waals surface area contributed by atoms with Gasteiger partial charge in [0.2, 0.25) is 0 Å². The van der Waals surface area contributed by atoms with Crippen molar-refractivity contribution in [2.75, 3.05) is 24.7 Å². The van der Waals surface area contributed by atoms with Crippen molar-refractivity contribution >= 4 is 17.7 Å². The molecule has 4 heteroatoms. The van der Waals surface area contributed by atoms with Gasteiger partial charge in [0.05, 0.1) is 12.5 Å². The lowest BCUT2D eigenvalue weighted by molar-refractivity contribution is -0.140. The Kier molecular flexibility index (Phi) is 8.24. The normalized spacial score (nSPS) is 12.8. The van der Waals surface area contributed by atoms with Gasteiger partial charge in [0.1, 0.15) is 0 Å². The highest BCUT2D eigenvalue weighted by Gasteiger charge is 2.09. The molecule has 0 radical (unpaired) electrons. The zero-order valence-corrected chi connectivity index (χ0v) is 9.10. The van der Waals surface area contributed by atoms with E-state index in [9.17, 15) is 4.79 Å². The smallest absolute Gasteiger partial charge is 0.307 e. The average molecular weight is 206 g/mol. The number of hydrogen-bond acceptors (Lipinski definition) is 3. The second-order valence-electron chi connectivity index (χ2n) is 2.93. The zero-order valence-electron chi connectivity index (χ0n) is 8.28. The Morgan fingerprint density at radius 2 is 2.23 bits per heavy atom. The lowest BCUT2D eigenvalue weighted by atomic mass is 10.2. The molecule has 0 heterocycles. The number of rotatable bonds is 8. The molecule has 0 fully saturated rings. The highest BCUT2D eigenvalue weighted by molar-refractivity contribution is 7.99. The number of carboxylic acids is 1. The van der Waals surface area contributed by atoms with Crippen LogP contribution in [0, 0.1) is 5.92 Å². The van der Waals surface area contributed by atoms with Gasteiger partial charge in [-0.25, -0.2) is 0 Å². The molecule has 0 saturated carbocycles.